The van der Waals surface area contributed by atoms with Gasteiger partial charge in [-0.3, -0.25) is 9.59 Å². The van der Waals surface area contributed by atoms with Gasteiger partial charge in [-0.2, -0.15) is 0 Å². The zero-order valence-corrected chi connectivity index (χ0v) is 15.9. The Balaban J connectivity index is 1.82. The minimum atomic E-state index is -0.351. The molecule has 0 saturated carbocycles. The van der Waals surface area contributed by atoms with E-state index >= 15 is 0 Å². The lowest BCUT2D eigenvalue weighted by Gasteiger charge is -2.12. The summed E-state index contributed by atoms with van der Waals surface area (Å²) in [6.45, 7) is 3.81. The van der Waals surface area contributed by atoms with Crippen molar-refractivity contribution in [1.82, 2.24) is 14.9 Å². The number of ether oxygens (including phenoxy) is 1. The van der Waals surface area contributed by atoms with E-state index in [0.717, 1.165) is 11.0 Å². The average molecular weight is 386 g/mol. The van der Waals surface area contributed by atoms with E-state index in [1.54, 1.807) is 42.7 Å². The number of hydrogen-bond donors (Lipinski definition) is 1. The molecule has 0 atom stereocenters. The molecule has 1 aromatic heterocycles. The fraction of sp³-hybridized carbons (Fsp3) is 0.250. The zero-order valence-electron chi connectivity index (χ0n) is 15.1. The lowest BCUT2D eigenvalue weighted by molar-refractivity contribution is -0.148. The highest BCUT2D eigenvalue weighted by Gasteiger charge is 2.16. The minimum Gasteiger partial charge on any atom is -0.462 e. The van der Waals surface area contributed by atoms with Crippen molar-refractivity contribution in [3.63, 3.8) is 0 Å². The molecule has 7 heteroatoms. The molecule has 0 bridgehead atoms. The maximum atomic E-state index is 12.4. The van der Waals surface area contributed by atoms with Crippen LogP contribution in [-0.2, 0) is 22.6 Å². The second-order valence-corrected chi connectivity index (χ2v) is 6.77. The molecular weight excluding hydrogens is 366 g/mol. The van der Waals surface area contributed by atoms with Crippen molar-refractivity contribution >= 4 is 34.5 Å². The Bertz CT molecular complexity index is 982. The second kappa shape index (κ2) is 8.22. The number of benzene rings is 2. The van der Waals surface area contributed by atoms with E-state index in [1.807, 2.05) is 24.3 Å². The van der Waals surface area contributed by atoms with Gasteiger partial charge in [0.25, 0.3) is 5.91 Å². The summed E-state index contributed by atoms with van der Waals surface area (Å²) in [5, 5.41) is 3.32. The van der Waals surface area contributed by atoms with Crippen LogP contribution in [0.2, 0.25) is 5.02 Å². The van der Waals surface area contributed by atoms with E-state index in [4.69, 9.17) is 16.3 Å². The molecule has 140 valence electrons. The lowest BCUT2D eigenvalue weighted by atomic mass is 10.2. The Labute approximate surface area is 162 Å². The molecular formula is C20H20ClN3O3. The van der Waals surface area contributed by atoms with Crippen LogP contribution < -0.4 is 5.32 Å². The Morgan fingerprint density at radius 3 is 2.70 bits per heavy atom. The monoisotopic (exact) mass is 385 g/mol. The Hall–Kier alpha value is -2.86. The summed E-state index contributed by atoms with van der Waals surface area (Å²) in [4.78, 5) is 29.0. The van der Waals surface area contributed by atoms with Gasteiger partial charge in [-0.25, -0.2) is 4.98 Å². The van der Waals surface area contributed by atoms with E-state index in [1.165, 1.54) is 0 Å². The van der Waals surface area contributed by atoms with Gasteiger partial charge < -0.3 is 14.6 Å². The van der Waals surface area contributed by atoms with Crippen LogP contribution in [0.3, 0.4) is 0 Å². The number of nitrogens with zero attached hydrogens (tertiary/aromatic N) is 2. The Morgan fingerprint density at radius 1 is 1.19 bits per heavy atom. The van der Waals surface area contributed by atoms with Crippen LogP contribution >= 0.6 is 11.6 Å². The van der Waals surface area contributed by atoms with Gasteiger partial charge in [0.2, 0.25) is 0 Å². The third kappa shape index (κ3) is 4.65. The highest BCUT2D eigenvalue weighted by atomic mass is 35.5. The standard InChI is InChI=1S/C20H20ClN3O3/c1-13(2)27-19(25)12-24-17-9-4-3-8-16(17)23-18(24)11-22-20(26)14-6-5-7-15(21)10-14/h3-10,13H,11-12H2,1-2H3,(H,22,26). The summed E-state index contributed by atoms with van der Waals surface area (Å²) in [5.41, 5.74) is 2.02. The maximum Gasteiger partial charge on any atom is 0.326 e. The lowest BCUT2D eigenvalue weighted by Crippen LogP contribution is -2.26. The number of esters is 1. The van der Waals surface area contributed by atoms with Crippen molar-refractivity contribution < 1.29 is 14.3 Å². The quantitative estimate of drug-likeness (QED) is 0.658. The molecule has 3 rings (SSSR count). The molecule has 0 aliphatic carbocycles. The van der Waals surface area contributed by atoms with Crippen LogP contribution in [-0.4, -0.2) is 27.5 Å². The maximum absolute atomic E-state index is 12.4. The van der Waals surface area contributed by atoms with Crippen molar-refractivity contribution in [3.8, 4) is 0 Å². The molecule has 1 N–H and O–H groups in total. The number of fused-ring (bicyclic) bond motifs is 1. The number of halogens is 1. The van der Waals surface area contributed by atoms with Crippen LogP contribution in [0.15, 0.2) is 48.5 Å². The Morgan fingerprint density at radius 2 is 1.96 bits per heavy atom. The number of hydrogen-bond acceptors (Lipinski definition) is 4. The van der Waals surface area contributed by atoms with E-state index in [9.17, 15) is 9.59 Å². The van der Waals surface area contributed by atoms with Crippen molar-refractivity contribution in [3.05, 3.63) is 64.9 Å². The summed E-state index contributed by atoms with van der Waals surface area (Å²) in [6, 6.07) is 14.2. The number of carbonyl (C=O) groups is 2. The largest absolute Gasteiger partial charge is 0.462 e. The molecule has 6 nitrogen and oxygen atoms in total. The van der Waals surface area contributed by atoms with E-state index in [2.05, 4.69) is 10.3 Å². The van der Waals surface area contributed by atoms with Crippen LogP contribution in [0.1, 0.15) is 30.0 Å². The van der Waals surface area contributed by atoms with Gasteiger partial charge in [0.05, 0.1) is 23.7 Å². The first kappa shape index (κ1) is 18.9. The molecule has 0 fully saturated rings. The van der Waals surface area contributed by atoms with Gasteiger partial charge in [-0.05, 0) is 44.2 Å². The van der Waals surface area contributed by atoms with Crippen molar-refractivity contribution in [2.24, 2.45) is 0 Å². The third-order valence-corrected chi connectivity index (χ3v) is 4.12. The first-order valence-electron chi connectivity index (χ1n) is 8.61. The summed E-state index contributed by atoms with van der Waals surface area (Å²) in [5.74, 6) is -0.0382. The predicted octanol–water partition coefficient (Wildman–Crippen LogP) is 3.57. The van der Waals surface area contributed by atoms with Gasteiger partial charge in [0.15, 0.2) is 0 Å². The molecule has 0 aliphatic rings. The van der Waals surface area contributed by atoms with Gasteiger partial charge in [-0.15, -0.1) is 0 Å². The topological polar surface area (TPSA) is 73.2 Å². The number of nitrogens with one attached hydrogen (secondary N) is 1. The number of para-hydroxylation sites is 2. The molecule has 1 amide bonds. The molecule has 0 aliphatic heterocycles. The number of imidazole rings is 1. The molecule has 27 heavy (non-hydrogen) atoms. The number of carbonyl (C=O) groups excluding carboxylic acids is 2. The second-order valence-electron chi connectivity index (χ2n) is 6.33. The summed E-state index contributed by atoms with van der Waals surface area (Å²) in [7, 11) is 0. The Kier molecular flexibility index (Phi) is 5.76. The number of aromatic nitrogens is 2. The molecule has 3 aromatic rings. The van der Waals surface area contributed by atoms with Crippen LogP contribution in [0, 0.1) is 0 Å². The zero-order chi connectivity index (χ0) is 19.4. The average Bonchev–Trinajstić information content (AvgIpc) is 2.96. The van der Waals surface area contributed by atoms with Crippen molar-refractivity contribution in [2.75, 3.05) is 0 Å². The third-order valence-electron chi connectivity index (χ3n) is 3.88. The number of rotatable bonds is 6. The van der Waals surface area contributed by atoms with E-state index in [0.29, 0.717) is 16.4 Å². The smallest absolute Gasteiger partial charge is 0.326 e. The van der Waals surface area contributed by atoms with E-state index < -0.39 is 0 Å². The van der Waals surface area contributed by atoms with Crippen LogP contribution in [0.4, 0.5) is 0 Å². The summed E-state index contributed by atoms with van der Waals surface area (Å²) in [6.07, 6.45) is -0.196. The van der Waals surface area contributed by atoms with Crippen molar-refractivity contribution in [1.29, 1.82) is 0 Å². The molecule has 0 unspecified atom stereocenters. The fourth-order valence-electron chi connectivity index (χ4n) is 2.76. The molecule has 0 saturated heterocycles. The van der Waals surface area contributed by atoms with Gasteiger partial charge in [0, 0.05) is 10.6 Å². The summed E-state index contributed by atoms with van der Waals surface area (Å²) < 4.78 is 7.01. The first-order chi connectivity index (χ1) is 12.9. The predicted molar refractivity (Wildman–Crippen MR) is 104 cm³/mol. The molecule has 1 heterocycles. The van der Waals surface area contributed by atoms with Crippen LogP contribution in [0.25, 0.3) is 11.0 Å². The van der Waals surface area contributed by atoms with Gasteiger partial charge >= 0.3 is 5.97 Å². The molecule has 0 radical (unpaired) electrons. The van der Waals surface area contributed by atoms with Crippen LogP contribution in [0.5, 0.6) is 0 Å². The SMILES string of the molecule is CC(C)OC(=O)Cn1c(CNC(=O)c2cccc(Cl)c2)nc2ccccc21. The van der Waals surface area contributed by atoms with Crippen molar-refractivity contribution in [2.45, 2.75) is 33.0 Å². The minimum absolute atomic E-state index is 0.0288. The number of amides is 1. The van der Waals surface area contributed by atoms with Gasteiger partial charge in [0.1, 0.15) is 12.4 Å². The van der Waals surface area contributed by atoms with Gasteiger partial charge in [-0.1, -0.05) is 29.8 Å². The molecule has 0 spiro atoms. The summed E-state index contributed by atoms with van der Waals surface area (Å²) >= 11 is 5.94. The molecule has 2 aromatic carbocycles. The van der Waals surface area contributed by atoms with E-state index in [-0.39, 0.29) is 31.1 Å². The fourth-order valence-corrected chi connectivity index (χ4v) is 2.95. The normalized spacial score (nSPS) is 11.0. The first-order valence-corrected chi connectivity index (χ1v) is 8.99. The highest BCUT2D eigenvalue weighted by molar-refractivity contribution is 6.30. The highest BCUT2D eigenvalue weighted by Crippen LogP contribution is 2.17.